The molecule has 10 heteroatoms. The smallest absolute Gasteiger partial charge is 0.352 e. The van der Waals surface area contributed by atoms with E-state index >= 15 is 0 Å². The normalized spacial score (nSPS) is 11.5. The second kappa shape index (κ2) is 10.1. The van der Waals surface area contributed by atoms with E-state index in [-0.39, 0.29) is 42.8 Å². The molecule has 0 fully saturated rings. The first-order valence-electron chi connectivity index (χ1n) is 7.63. The fourth-order valence-corrected chi connectivity index (χ4v) is 2.23. The molecule has 0 heterocycles. The number of nitro groups is 1. The molecular formula is C17H18F3IN4O2. The van der Waals surface area contributed by atoms with Gasteiger partial charge in [0.05, 0.1) is 10.5 Å². The highest BCUT2D eigenvalue weighted by atomic mass is 127. The second-order valence-electron chi connectivity index (χ2n) is 5.40. The Bertz CT molecular complexity index is 813. The van der Waals surface area contributed by atoms with Gasteiger partial charge in [0.25, 0.3) is 5.69 Å². The number of nitrogens with zero attached hydrogens (tertiary/aromatic N) is 2. The Morgan fingerprint density at radius 1 is 1.07 bits per heavy atom. The van der Waals surface area contributed by atoms with Gasteiger partial charge in [-0.2, -0.15) is 13.2 Å². The molecular weight excluding hydrogens is 476 g/mol. The topological polar surface area (TPSA) is 79.6 Å². The zero-order valence-corrected chi connectivity index (χ0v) is 16.6. The molecule has 0 aliphatic rings. The van der Waals surface area contributed by atoms with Gasteiger partial charge in [-0.1, -0.05) is 24.3 Å². The largest absolute Gasteiger partial charge is 0.416 e. The van der Waals surface area contributed by atoms with E-state index in [2.05, 4.69) is 15.6 Å². The van der Waals surface area contributed by atoms with Crippen molar-refractivity contribution in [3.05, 3.63) is 75.3 Å². The summed E-state index contributed by atoms with van der Waals surface area (Å²) in [6.07, 6.45) is -4.39. The summed E-state index contributed by atoms with van der Waals surface area (Å²) in [6.45, 7) is 0.433. The number of rotatable bonds is 5. The molecule has 0 saturated heterocycles. The van der Waals surface area contributed by atoms with Crippen molar-refractivity contribution in [2.45, 2.75) is 19.3 Å². The Balaban J connectivity index is 0.00000364. The SMILES string of the molecule is CN=C(NCc1cccc([N+](=O)[O-])c1)NCc1cccc(C(F)(F)F)c1.I. The van der Waals surface area contributed by atoms with E-state index < -0.39 is 16.7 Å². The number of nitro benzene ring substituents is 1. The fourth-order valence-electron chi connectivity index (χ4n) is 2.23. The summed E-state index contributed by atoms with van der Waals surface area (Å²) in [5.41, 5.74) is 0.409. The van der Waals surface area contributed by atoms with Crippen molar-refractivity contribution in [2.24, 2.45) is 4.99 Å². The number of hydrogen-bond donors (Lipinski definition) is 2. The number of aliphatic imine (C=N–C) groups is 1. The highest BCUT2D eigenvalue weighted by Crippen LogP contribution is 2.29. The number of guanidine groups is 1. The van der Waals surface area contributed by atoms with E-state index in [9.17, 15) is 23.3 Å². The lowest BCUT2D eigenvalue weighted by atomic mass is 10.1. The van der Waals surface area contributed by atoms with Gasteiger partial charge in [-0.25, -0.2) is 0 Å². The number of benzene rings is 2. The van der Waals surface area contributed by atoms with Gasteiger partial charge in [-0.15, -0.1) is 24.0 Å². The van der Waals surface area contributed by atoms with Crippen LogP contribution < -0.4 is 10.6 Å². The standard InChI is InChI=1S/C17H17F3N4O2.HI/c1-21-16(23-11-13-5-3-7-15(9-13)24(25)26)22-10-12-4-2-6-14(8-12)17(18,19)20;/h2-9H,10-11H2,1H3,(H2,21,22,23);1H. The average molecular weight is 494 g/mol. The third-order valence-corrected chi connectivity index (χ3v) is 3.52. The summed E-state index contributed by atoms with van der Waals surface area (Å²) in [4.78, 5) is 14.3. The predicted octanol–water partition coefficient (Wildman–Crippen LogP) is 4.10. The number of non-ortho nitro benzene ring substituents is 1. The Hall–Kier alpha value is -2.37. The van der Waals surface area contributed by atoms with Gasteiger partial charge < -0.3 is 10.6 Å². The molecule has 0 aromatic heterocycles. The van der Waals surface area contributed by atoms with Gasteiger partial charge in [0, 0.05) is 32.3 Å². The van der Waals surface area contributed by atoms with Crippen LogP contribution in [0.4, 0.5) is 18.9 Å². The molecule has 2 aromatic carbocycles. The minimum atomic E-state index is -4.39. The van der Waals surface area contributed by atoms with Crippen LogP contribution in [0.3, 0.4) is 0 Å². The van der Waals surface area contributed by atoms with Crippen LogP contribution in [0.15, 0.2) is 53.5 Å². The highest BCUT2D eigenvalue weighted by molar-refractivity contribution is 14.0. The summed E-state index contributed by atoms with van der Waals surface area (Å²) in [6, 6.07) is 11.1. The third-order valence-electron chi connectivity index (χ3n) is 3.52. The molecule has 2 rings (SSSR count). The van der Waals surface area contributed by atoms with Crippen LogP contribution in [-0.4, -0.2) is 17.9 Å². The van der Waals surface area contributed by atoms with Crippen molar-refractivity contribution in [1.82, 2.24) is 10.6 Å². The molecule has 0 saturated carbocycles. The first kappa shape index (κ1) is 22.7. The first-order chi connectivity index (χ1) is 12.3. The molecule has 2 N–H and O–H groups in total. The summed E-state index contributed by atoms with van der Waals surface area (Å²) in [7, 11) is 1.52. The predicted molar refractivity (Wildman–Crippen MR) is 107 cm³/mol. The molecule has 0 spiro atoms. The van der Waals surface area contributed by atoms with Crippen LogP contribution in [-0.2, 0) is 19.3 Å². The van der Waals surface area contributed by atoms with Crippen LogP contribution >= 0.6 is 24.0 Å². The van der Waals surface area contributed by atoms with E-state index in [1.54, 1.807) is 18.2 Å². The maximum absolute atomic E-state index is 12.7. The Labute approximate surface area is 171 Å². The van der Waals surface area contributed by atoms with Crippen molar-refractivity contribution >= 4 is 35.6 Å². The van der Waals surface area contributed by atoms with Crippen molar-refractivity contribution in [2.75, 3.05) is 7.05 Å². The zero-order valence-electron chi connectivity index (χ0n) is 14.3. The van der Waals surface area contributed by atoms with E-state index in [0.29, 0.717) is 17.1 Å². The minimum Gasteiger partial charge on any atom is -0.352 e. The van der Waals surface area contributed by atoms with Gasteiger partial charge in [-0.3, -0.25) is 15.1 Å². The Morgan fingerprint density at radius 3 is 2.15 bits per heavy atom. The van der Waals surface area contributed by atoms with Crippen molar-refractivity contribution in [3.8, 4) is 0 Å². The van der Waals surface area contributed by atoms with Crippen LogP contribution in [0.25, 0.3) is 0 Å². The Kier molecular flexibility index (Phi) is 8.47. The molecule has 146 valence electrons. The van der Waals surface area contributed by atoms with Crippen LogP contribution in [0, 0.1) is 10.1 Å². The van der Waals surface area contributed by atoms with Gasteiger partial charge >= 0.3 is 6.18 Å². The lowest BCUT2D eigenvalue weighted by Gasteiger charge is -2.13. The summed E-state index contributed by atoms with van der Waals surface area (Å²) in [5.74, 6) is 0.369. The molecule has 0 amide bonds. The molecule has 2 aromatic rings. The van der Waals surface area contributed by atoms with Gasteiger partial charge in [0.15, 0.2) is 5.96 Å². The van der Waals surface area contributed by atoms with Crippen molar-refractivity contribution < 1.29 is 18.1 Å². The number of alkyl halides is 3. The zero-order chi connectivity index (χ0) is 19.2. The number of nitrogens with one attached hydrogen (secondary N) is 2. The lowest BCUT2D eigenvalue weighted by molar-refractivity contribution is -0.384. The quantitative estimate of drug-likeness (QED) is 0.216. The first-order valence-corrected chi connectivity index (χ1v) is 7.63. The van der Waals surface area contributed by atoms with E-state index in [1.807, 2.05) is 0 Å². The molecule has 0 aliphatic heterocycles. The maximum atomic E-state index is 12.7. The van der Waals surface area contributed by atoms with Crippen molar-refractivity contribution in [3.63, 3.8) is 0 Å². The average Bonchev–Trinajstić information content (AvgIpc) is 2.61. The van der Waals surface area contributed by atoms with E-state index in [4.69, 9.17) is 0 Å². The number of hydrogen-bond acceptors (Lipinski definition) is 3. The van der Waals surface area contributed by atoms with E-state index in [0.717, 1.165) is 12.1 Å². The minimum absolute atomic E-state index is 0. The molecule has 0 aliphatic carbocycles. The summed E-state index contributed by atoms with van der Waals surface area (Å²) in [5, 5.41) is 16.6. The van der Waals surface area contributed by atoms with Gasteiger partial charge in [-0.05, 0) is 23.3 Å². The molecule has 0 atom stereocenters. The van der Waals surface area contributed by atoms with Crippen LogP contribution in [0.5, 0.6) is 0 Å². The molecule has 0 unspecified atom stereocenters. The van der Waals surface area contributed by atoms with Gasteiger partial charge in [0.1, 0.15) is 0 Å². The maximum Gasteiger partial charge on any atom is 0.416 e. The fraction of sp³-hybridized carbons (Fsp3) is 0.235. The molecule has 6 nitrogen and oxygen atoms in total. The summed E-state index contributed by atoms with van der Waals surface area (Å²) >= 11 is 0. The van der Waals surface area contributed by atoms with Crippen molar-refractivity contribution in [1.29, 1.82) is 0 Å². The monoisotopic (exact) mass is 494 g/mol. The Morgan fingerprint density at radius 2 is 1.63 bits per heavy atom. The lowest BCUT2D eigenvalue weighted by Crippen LogP contribution is -2.36. The summed E-state index contributed by atoms with van der Waals surface area (Å²) < 4.78 is 38.2. The second-order valence-corrected chi connectivity index (χ2v) is 5.40. The molecule has 0 bridgehead atoms. The van der Waals surface area contributed by atoms with E-state index in [1.165, 1.54) is 25.2 Å². The highest BCUT2D eigenvalue weighted by Gasteiger charge is 2.30. The molecule has 27 heavy (non-hydrogen) atoms. The third kappa shape index (κ3) is 7.04. The number of halogens is 4. The molecule has 0 radical (unpaired) electrons. The van der Waals surface area contributed by atoms with Crippen LogP contribution in [0.1, 0.15) is 16.7 Å². The van der Waals surface area contributed by atoms with Crippen LogP contribution in [0.2, 0.25) is 0 Å². The van der Waals surface area contributed by atoms with Gasteiger partial charge in [0.2, 0.25) is 0 Å².